The van der Waals surface area contributed by atoms with Crippen molar-refractivity contribution in [2.75, 3.05) is 18.9 Å². The first kappa shape index (κ1) is 16.4. The van der Waals surface area contributed by atoms with Crippen LogP contribution in [-0.4, -0.2) is 37.0 Å². The highest BCUT2D eigenvalue weighted by molar-refractivity contribution is 9.10. The van der Waals surface area contributed by atoms with E-state index in [1.807, 2.05) is 0 Å². The van der Waals surface area contributed by atoms with Crippen molar-refractivity contribution in [1.29, 1.82) is 0 Å². The smallest absolute Gasteiger partial charge is 0.244 e. The summed E-state index contributed by atoms with van der Waals surface area (Å²) < 4.78 is 27.0. The molecule has 3 N–H and O–H groups in total. The average Bonchev–Trinajstić information content (AvgIpc) is 2.27. The van der Waals surface area contributed by atoms with Gasteiger partial charge in [0.15, 0.2) is 0 Å². The van der Waals surface area contributed by atoms with Gasteiger partial charge in [0.1, 0.15) is 0 Å². The summed E-state index contributed by atoms with van der Waals surface area (Å²) in [6, 6.07) is 4.43. The number of benzene rings is 1. The monoisotopic (exact) mass is 350 g/mol. The van der Waals surface area contributed by atoms with Crippen molar-refractivity contribution in [2.45, 2.75) is 31.2 Å². The Morgan fingerprint density at radius 2 is 2.05 bits per heavy atom. The molecule has 0 aliphatic heterocycles. The van der Waals surface area contributed by atoms with Gasteiger partial charge < -0.3 is 10.8 Å². The van der Waals surface area contributed by atoms with Crippen LogP contribution in [-0.2, 0) is 10.0 Å². The zero-order chi connectivity index (χ0) is 14.6. The number of hydrogen-bond donors (Lipinski definition) is 2. The summed E-state index contributed by atoms with van der Waals surface area (Å²) in [6.07, 6.45) is 0.407. The maximum absolute atomic E-state index is 12.6. The Balaban J connectivity index is 3.19. The van der Waals surface area contributed by atoms with E-state index < -0.39 is 10.0 Å². The second kappa shape index (κ2) is 6.69. The molecular weight excluding hydrogens is 332 g/mol. The Morgan fingerprint density at radius 3 is 2.53 bits per heavy atom. The molecule has 7 heteroatoms. The quantitative estimate of drug-likeness (QED) is 0.766. The first-order chi connectivity index (χ1) is 8.80. The zero-order valence-corrected chi connectivity index (χ0v) is 13.4. The van der Waals surface area contributed by atoms with Gasteiger partial charge in [-0.25, -0.2) is 8.42 Å². The van der Waals surface area contributed by atoms with Crippen molar-refractivity contribution in [3.8, 4) is 0 Å². The van der Waals surface area contributed by atoms with Crippen LogP contribution >= 0.6 is 15.9 Å². The number of aliphatic hydroxyl groups is 1. The van der Waals surface area contributed by atoms with Gasteiger partial charge in [-0.05, 0) is 54.4 Å². The van der Waals surface area contributed by atoms with Crippen LogP contribution in [0.25, 0.3) is 0 Å². The molecule has 0 saturated carbocycles. The maximum atomic E-state index is 12.6. The molecule has 0 aromatic heterocycles. The maximum Gasteiger partial charge on any atom is 0.244 e. The molecule has 1 aromatic carbocycles. The lowest BCUT2D eigenvalue weighted by Gasteiger charge is -2.26. The van der Waals surface area contributed by atoms with Crippen molar-refractivity contribution in [3.05, 3.63) is 22.7 Å². The van der Waals surface area contributed by atoms with Crippen molar-refractivity contribution in [1.82, 2.24) is 4.31 Å². The fraction of sp³-hybridized carbons (Fsp3) is 0.500. The standard InChI is InChI=1S/C12H19BrN2O3S/c1-9(2)15(6-3-7-16)19(17,18)12-5-4-10(14)8-11(12)13/h4-5,8-9,16H,3,6-7,14H2,1-2H3. The molecule has 0 bridgehead atoms. The topological polar surface area (TPSA) is 83.6 Å². The average molecular weight is 351 g/mol. The van der Waals surface area contributed by atoms with Crippen LogP contribution in [0.3, 0.4) is 0 Å². The molecular formula is C12H19BrN2O3S. The molecule has 0 spiro atoms. The first-order valence-electron chi connectivity index (χ1n) is 5.98. The lowest BCUT2D eigenvalue weighted by molar-refractivity contribution is 0.258. The normalized spacial score (nSPS) is 12.3. The molecule has 0 saturated heterocycles. The molecule has 0 heterocycles. The number of hydrogen-bond acceptors (Lipinski definition) is 4. The van der Waals surface area contributed by atoms with Crippen LogP contribution in [0.1, 0.15) is 20.3 Å². The van der Waals surface area contributed by atoms with Crippen molar-refractivity contribution < 1.29 is 13.5 Å². The van der Waals surface area contributed by atoms with Gasteiger partial charge in [0.2, 0.25) is 10.0 Å². The van der Waals surface area contributed by atoms with Gasteiger partial charge in [-0.2, -0.15) is 4.31 Å². The van der Waals surface area contributed by atoms with Crippen LogP contribution in [0.4, 0.5) is 5.69 Å². The van der Waals surface area contributed by atoms with Gasteiger partial charge in [-0.15, -0.1) is 0 Å². The molecule has 108 valence electrons. The van der Waals surface area contributed by atoms with Crippen LogP contribution in [0, 0.1) is 0 Å². The summed E-state index contributed by atoms with van der Waals surface area (Å²) in [5, 5.41) is 8.88. The first-order valence-corrected chi connectivity index (χ1v) is 8.21. The highest BCUT2D eigenvalue weighted by Crippen LogP contribution is 2.28. The van der Waals surface area contributed by atoms with E-state index in [1.165, 1.54) is 10.4 Å². The van der Waals surface area contributed by atoms with E-state index in [-0.39, 0.29) is 24.1 Å². The van der Waals surface area contributed by atoms with E-state index in [0.29, 0.717) is 16.6 Å². The Labute approximate surface area is 122 Å². The van der Waals surface area contributed by atoms with E-state index in [4.69, 9.17) is 10.8 Å². The minimum absolute atomic E-state index is 0.0400. The Morgan fingerprint density at radius 1 is 1.42 bits per heavy atom. The summed E-state index contributed by atoms with van der Waals surface area (Å²) in [5.74, 6) is 0. The highest BCUT2D eigenvalue weighted by atomic mass is 79.9. The van der Waals surface area contributed by atoms with E-state index in [0.717, 1.165) is 0 Å². The van der Waals surface area contributed by atoms with Gasteiger partial charge in [0.05, 0.1) is 4.90 Å². The van der Waals surface area contributed by atoms with Gasteiger partial charge >= 0.3 is 0 Å². The number of nitrogens with zero attached hydrogens (tertiary/aromatic N) is 1. The molecule has 0 fully saturated rings. The van der Waals surface area contributed by atoms with Gasteiger partial charge in [0, 0.05) is 29.4 Å². The molecule has 0 amide bonds. The number of halogens is 1. The van der Waals surface area contributed by atoms with Crippen molar-refractivity contribution in [2.24, 2.45) is 0 Å². The van der Waals surface area contributed by atoms with E-state index in [1.54, 1.807) is 26.0 Å². The number of nitrogen functional groups attached to an aromatic ring is 1. The SMILES string of the molecule is CC(C)N(CCCO)S(=O)(=O)c1ccc(N)cc1Br. The third-order valence-electron chi connectivity index (χ3n) is 2.66. The predicted octanol–water partition coefficient (Wildman–Crippen LogP) is 1.81. The molecule has 5 nitrogen and oxygen atoms in total. The van der Waals surface area contributed by atoms with E-state index >= 15 is 0 Å². The molecule has 0 radical (unpaired) electrons. The van der Waals surface area contributed by atoms with Crippen LogP contribution in [0.5, 0.6) is 0 Å². The number of sulfonamides is 1. The van der Waals surface area contributed by atoms with Crippen LogP contribution in [0.2, 0.25) is 0 Å². The molecule has 1 rings (SSSR count). The van der Waals surface area contributed by atoms with Crippen molar-refractivity contribution in [3.63, 3.8) is 0 Å². The molecule has 0 unspecified atom stereocenters. The lowest BCUT2D eigenvalue weighted by Crippen LogP contribution is -2.38. The summed E-state index contributed by atoms with van der Waals surface area (Å²) in [5.41, 5.74) is 6.11. The minimum Gasteiger partial charge on any atom is -0.399 e. The second-order valence-corrected chi connectivity index (χ2v) is 7.19. The third-order valence-corrected chi connectivity index (χ3v) is 5.71. The number of aliphatic hydroxyl groups excluding tert-OH is 1. The lowest BCUT2D eigenvalue weighted by atomic mass is 10.3. The van der Waals surface area contributed by atoms with Crippen LogP contribution < -0.4 is 5.73 Å². The number of nitrogens with two attached hydrogens (primary N) is 1. The Bertz CT molecular complexity index is 532. The van der Waals surface area contributed by atoms with Gasteiger partial charge in [-0.1, -0.05) is 0 Å². The number of rotatable bonds is 6. The van der Waals surface area contributed by atoms with E-state index in [2.05, 4.69) is 15.9 Å². The summed E-state index contributed by atoms with van der Waals surface area (Å²) in [7, 11) is -3.60. The van der Waals surface area contributed by atoms with Gasteiger partial charge in [0.25, 0.3) is 0 Å². The van der Waals surface area contributed by atoms with Gasteiger partial charge in [-0.3, -0.25) is 0 Å². The molecule has 0 aliphatic carbocycles. The molecule has 19 heavy (non-hydrogen) atoms. The summed E-state index contributed by atoms with van der Waals surface area (Å²) >= 11 is 3.23. The summed E-state index contributed by atoms with van der Waals surface area (Å²) in [4.78, 5) is 0.188. The Kier molecular flexibility index (Phi) is 5.79. The molecule has 0 aliphatic rings. The van der Waals surface area contributed by atoms with Crippen LogP contribution in [0.15, 0.2) is 27.6 Å². The molecule has 0 atom stereocenters. The second-order valence-electron chi connectivity index (χ2n) is 4.48. The summed E-state index contributed by atoms with van der Waals surface area (Å²) in [6.45, 7) is 3.86. The zero-order valence-electron chi connectivity index (χ0n) is 11.0. The van der Waals surface area contributed by atoms with E-state index in [9.17, 15) is 8.42 Å². The predicted molar refractivity (Wildman–Crippen MR) is 79.3 cm³/mol. The van der Waals surface area contributed by atoms with Crippen molar-refractivity contribution >= 4 is 31.6 Å². The fourth-order valence-electron chi connectivity index (χ4n) is 1.74. The fourth-order valence-corrected chi connectivity index (χ4v) is 4.47. The third kappa shape index (κ3) is 3.92. The molecule has 1 aromatic rings. The highest BCUT2D eigenvalue weighted by Gasteiger charge is 2.28. The Hall–Kier alpha value is -0.630. The number of anilines is 1. The minimum atomic E-state index is -3.60. The largest absolute Gasteiger partial charge is 0.399 e.